The normalized spacial score (nSPS) is 13.8. The van der Waals surface area contributed by atoms with Crippen molar-refractivity contribution in [1.29, 1.82) is 0 Å². The number of nitrogens with one attached hydrogen (secondary N) is 1. The minimum absolute atomic E-state index is 0.190. The van der Waals surface area contributed by atoms with Gasteiger partial charge in [-0.1, -0.05) is 6.07 Å². The van der Waals surface area contributed by atoms with Crippen LogP contribution in [0.3, 0.4) is 0 Å². The fourth-order valence-electron chi connectivity index (χ4n) is 1.69. The van der Waals surface area contributed by atoms with E-state index in [1.807, 2.05) is 32.0 Å². The number of aryl methyl sites for hydroxylation is 1. The van der Waals surface area contributed by atoms with Crippen molar-refractivity contribution in [2.24, 2.45) is 5.73 Å². The van der Waals surface area contributed by atoms with Crippen LogP contribution in [0.1, 0.15) is 24.1 Å². The summed E-state index contributed by atoms with van der Waals surface area (Å²) in [7, 11) is 1.60. The molecule has 5 nitrogen and oxygen atoms in total. The van der Waals surface area contributed by atoms with Gasteiger partial charge in [-0.2, -0.15) is 0 Å². The molecule has 0 spiro atoms. The maximum absolute atomic E-state index is 11.6. The topological polar surface area (TPSA) is 84.6 Å². The summed E-state index contributed by atoms with van der Waals surface area (Å²) in [5.41, 5.74) is 7.47. The Labute approximate surface area is 107 Å². The van der Waals surface area contributed by atoms with Gasteiger partial charge in [-0.05, 0) is 37.1 Å². The molecule has 18 heavy (non-hydrogen) atoms. The summed E-state index contributed by atoms with van der Waals surface area (Å²) in [6.07, 6.45) is 0. The molecule has 0 radical (unpaired) electrons. The standard InChI is InChI=1S/C13H20N2O3/c1-8-4-5-10(18-3)6-11(8)9(2)15-13(17)12(14)7-16/h4-6,9,12,16H,7,14H2,1-3H3,(H,15,17)/t9-,12-/m1/s1. The van der Waals surface area contributed by atoms with Crippen LogP contribution in [-0.2, 0) is 4.79 Å². The number of ether oxygens (including phenoxy) is 1. The Hall–Kier alpha value is -1.59. The summed E-state index contributed by atoms with van der Waals surface area (Å²) in [4.78, 5) is 11.6. The Morgan fingerprint density at radius 3 is 2.78 bits per heavy atom. The molecular weight excluding hydrogens is 232 g/mol. The highest BCUT2D eigenvalue weighted by molar-refractivity contribution is 5.82. The summed E-state index contributed by atoms with van der Waals surface area (Å²) >= 11 is 0. The zero-order chi connectivity index (χ0) is 13.7. The summed E-state index contributed by atoms with van der Waals surface area (Å²) in [6, 6.07) is 4.60. The second kappa shape index (κ2) is 6.37. The number of aliphatic hydroxyl groups excluding tert-OH is 1. The fraction of sp³-hybridized carbons (Fsp3) is 0.462. The lowest BCUT2D eigenvalue weighted by Crippen LogP contribution is -2.43. The van der Waals surface area contributed by atoms with Crippen molar-refractivity contribution in [3.63, 3.8) is 0 Å². The van der Waals surface area contributed by atoms with Gasteiger partial charge in [0, 0.05) is 0 Å². The number of nitrogens with two attached hydrogens (primary N) is 1. The molecule has 100 valence electrons. The van der Waals surface area contributed by atoms with Crippen molar-refractivity contribution in [1.82, 2.24) is 5.32 Å². The maximum atomic E-state index is 11.6. The van der Waals surface area contributed by atoms with E-state index in [4.69, 9.17) is 15.6 Å². The van der Waals surface area contributed by atoms with Crippen LogP contribution >= 0.6 is 0 Å². The van der Waals surface area contributed by atoms with Gasteiger partial charge < -0.3 is 20.9 Å². The van der Waals surface area contributed by atoms with Crippen LogP contribution in [0.2, 0.25) is 0 Å². The van der Waals surface area contributed by atoms with Gasteiger partial charge in [0.1, 0.15) is 11.8 Å². The Morgan fingerprint density at radius 2 is 2.22 bits per heavy atom. The molecule has 5 heteroatoms. The summed E-state index contributed by atoms with van der Waals surface area (Å²) < 4.78 is 5.16. The monoisotopic (exact) mass is 252 g/mol. The van der Waals surface area contributed by atoms with Crippen LogP contribution in [0.4, 0.5) is 0 Å². The molecule has 1 rings (SSSR count). The molecule has 1 amide bonds. The van der Waals surface area contributed by atoms with Crippen LogP contribution in [0.5, 0.6) is 5.75 Å². The van der Waals surface area contributed by atoms with Crippen molar-refractivity contribution in [3.8, 4) is 5.75 Å². The Morgan fingerprint density at radius 1 is 1.56 bits per heavy atom. The zero-order valence-electron chi connectivity index (χ0n) is 10.9. The van der Waals surface area contributed by atoms with Gasteiger partial charge in [0.2, 0.25) is 5.91 Å². The van der Waals surface area contributed by atoms with Gasteiger partial charge in [0.25, 0.3) is 0 Å². The number of methoxy groups -OCH3 is 1. The highest BCUT2D eigenvalue weighted by atomic mass is 16.5. The molecule has 0 saturated carbocycles. The first-order chi connectivity index (χ1) is 8.49. The van der Waals surface area contributed by atoms with Crippen LogP contribution in [-0.4, -0.2) is 30.8 Å². The predicted molar refractivity (Wildman–Crippen MR) is 69.3 cm³/mol. The second-order valence-corrected chi connectivity index (χ2v) is 4.24. The minimum atomic E-state index is -0.890. The number of carbonyl (C=O) groups is 1. The number of aliphatic hydroxyl groups is 1. The predicted octanol–water partition coefficient (Wildman–Crippen LogP) is 0.500. The van der Waals surface area contributed by atoms with Crippen molar-refractivity contribution in [2.45, 2.75) is 25.9 Å². The highest BCUT2D eigenvalue weighted by Gasteiger charge is 2.17. The first kappa shape index (κ1) is 14.5. The van der Waals surface area contributed by atoms with Crippen molar-refractivity contribution >= 4 is 5.91 Å². The van der Waals surface area contributed by atoms with Crippen molar-refractivity contribution in [2.75, 3.05) is 13.7 Å². The Balaban J connectivity index is 2.83. The molecule has 0 aliphatic carbocycles. The lowest BCUT2D eigenvalue weighted by atomic mass is 10.0. The number of hydrogen-bond donors (Lipinski definition) is 3. The average molecular weight is 252 g/mol. The van der Waals surface area contributed by atoms with Crippen molar-refractivity contribution in [3.05, 3.63) is 29.3 Å². The third kappa shape index (κ3) is 3.45. The number of rotatable bonds is 5. The van der Waals surface area contributed by atoms with Gasteiger partial charge in [0.15, 0.2) is 0 Å². The SMILES string of the molecule is COc1ccc(C)c([C@@H](C)NC(=O)[C@H](N)CO)c1. The van der Waals surface area contributed by atoms with Crippen LogP contribution in [0.15, 0.2) is 18.2 Å². The minimum Gasteiger partial charge on any atom is -0.497 e. The molecule has 1 aromatic carbocycles. The number of benzene rings is 1. The Bertz CT molecular complexity index is 421. The van der Waals surface area contributed by atoms with E-state index in [-0.39, 0.29) is 18.6 Å². The first-order valence-corrected chi connectivity index (χ1v) is 5.81. The molecule has 0 unspecified atom stereocenters. The van der Waals surface area contributed by atoms with E-state index in [0.717, 1.165) is 16.9 Å². The number of hydrogen-bond acceptors (Lipinski definition) is 4. The molecular formula is C13H20N2O3. The molecule has 4 N–H and O–H groups in total. The van der Waals surface area contributed by atoms with E-state index in [9.17, 15) is 4.79 Å². The van der Waals surface area contributed by atoms with E-state index >= 15 is 0 Å². The zero-order valence-corrected chi connectivity index (χ0v) is 10.9. The number of carbonyl (C=O) groups excluding carboxylic acids is 1. The molecule has 0 aliphatic rings. The van der Waals surface area contributed by atoms with Gasteiger partial charge in [-0.25, -0.2) is 0 Å². The van der Waals surface area contributed by atoms with Gasteiger partial charge >= 0.3 is 0 Å². The van der Waals surface area contributed by atoms with E-state index in [1.54, 1.807) is 7.11 Å². The molecule has 0 saturated heterocycles. The summed E-state index contributed by atoms with van der Waals surface area (Å²) in [5, 5.41) is 11.6. The molecule has 2 atom stereocenters. The van der Waals surface area contributed by atoms with E-state index < -0.39 is 6.04 Å². The third-order valence-corrected chi connectivity index (χ3v) is 2.85. The van der Waals surface area contributed by atoms with Crippen LogP contribution < -0.4 is 15.8 Å². The molecule has 0 bridgehead atoms. The second-order valence-electron chi connectivity index (χ2n) is 4.24. The highest BCUT2D eigenvalue weighted by Crippen LogP contribution is 2.22. The molecule has 0 fully saturated rings. The van der Waals surface area contributed by atoms with Crippen LogP contribution in [0, 0.1) is 6.92 Å². The van der Waals surface area contributed by atoms with Gasteiger partial charge in [-0.15, -0.1) is 0 Å². The Kier molecular flexibility index (Phi) is 5.12. The average Bonchev–Trinajstić information content (AvgIpc) is 2.38. The van der Waals surface area contributed by atoms with E-state index in [2.05, 4.69) is 5.32 Å². The third-order valence-electron chi connectivity index (χ3n) is 2.85. The molecule has 0 aliphatic heterocycles. The molecule has 1 aromatic rings. The van der Waals surface area contributed by atoms with Gasteiger partial charge in [-0.3, -0.25) is 4.79 Å². The van der Waals surface area contributed by atoms with Gasteiger partial charge in [0.05, 0.1) is 19.8 Å². The van der Waals surface area contributed by atoms with E-state index in [1.165, 1.54) is 0 Å². The maximum Gasteiger partial charge on any atom is 0.239 e. The first-order valence-electron chi connectivity index (χ1n) is 5.81. The van der Waals surface area contributed by atoms with Crippen LogP contribution in [0.25, 0.3) is 0 Å². The smallest absolute Gasteiger partial charge is 0.239 e. The van der Waals surface area contributed by atoms with E-state index in [0.29, 0.717) is 0 Å². The molecule has 0 heterocycles. The largest absolute Gasteiger partial charge is 0.497 e. The summed E-state index contributed by atoms with van der Waals surface area (Å²) in [6.45, 7) is 3.46. The quantitative estimate of drug-likeness (QED) is 0.712. The summed E-state index contributed by atoms with van der Waals surface area (Å²) in [5.74, 6) is 0.371. The molecule has 0 aromatic heterocycles. The van der Waals surface area contributed by atoms with Crippen molar-refractivity contribution < 1.29 is 14.6 Å². The number of amides is 1. The lowest BCUT2D eigenvalue weighted by molar-refractivity contribution is -0.123. The lowest BCUT2D eigenvalue weighted by Gasteiger charge is -2.19. The fourth-order valence-corrected chi connectivity index (χ4v) is 1.69.